The number of amides is 1. The summed E-state index contributed by atoms with van der Waals surface area (Å²) >= 11 is 0. The third kappa shape index (κ3) is 10.7. The number of rotatable bonds is 18. The Kier molecular flexibility index (Phi) is 12.8. The van der Waals surface area contributed by atoms with E-state index < -0.39 is 14.8 Å². The summed E-state index contributed by atoms with van der Waals surface area (Å²) in [6.45, 7) is 6.01. The van der Waals surface area contributed by atoms with Crippen molar-refractivity contribution in [1.29, 1.82) is 0 Å². The van der Waals surface area contributed by atoms with Crippen molar-refractivity contribution in [2.24, 2.45) is 5.92 Å². The lowest BCUT2D eigenvalue weighted by Crippen LogP contribution is -2.41. The predicted octanol–water partition coefficient (Wildman–Crippen LogP) is 6.66. The summed E-state index contributed by atoms with van der Waals surface area (Å²) in [4.78, 5) is 12.5. The van der Waals surface area contributed by atoms with Crippen LogP contribution in [-0.4, -0.2) is 19.1 Å². The van der Waals surface area contributed by atoms with Crippen LogP contribution in [0, 0.1) is 5.92 Å². The highest BCUT2D eigenvalue weighted by Crippen LogP contribution is 2.42. The molecule has 0 aromatic carbocycles. The molecule has 0 spiro atoms. The van der Waals surface area contributed by atoms with Crippen molar-refractivity contribution in [2.75, 3.05) is 0 Å². The number of carbonyl (C=O) groups is 1. The van der Waals surface area contributed by atoms with Gasteiger partial charge < -0.3 is 0 Å². The minimum Gasteiger partial charge on any atom is -0.274 e. The van der Waals surface area contributed by atoms with Gasteiger partial charge in [-0.05, 0) is 51.9 Å². The first kappa shape index (κ1) is 26.2. The van der Waals surface area contributed by atoms with Crippen LogP contribution in [0.1, 0.15) is 124 Å². The number of nitrogens with one attached hydrogen (secondary N) is 1. The average Bonchev–Trinajstić information content (AvgIpc) is 3.43. The number of sulfonamides is 1. The summed E-state index contributed by atoms with van der Waals surface area (Å²) in [6, 6.07) is 0. The number of carbonyl (C=O) groups excluding carboxylic acids is 1. The highest BCUT2D eigenvalue weighted by atomic mass is 32.2. The molecule has 0 heterocycles. The van der Waals surface area contributed by atoms with E-state index in [1.54, 1.807) is 6.92 Å². The lowest BCUT2D eigenvalue weighted by Gasteiger charge is -2.18. The fourth-order valence-corrected chi connectivity index (χ4v) is 4.96. The molecule has 0 aromatic rings. The zero-order valence-electron chi connectivity index (χ0n) is 19.2. The largest absolute Gasteiger partial charge is 0.274 e. The van der Waals surface area contributed by atoms with E-state index in [1.807, 2.05) is 6.92 Å². The molecule has 170 valence electrons. The van der Waals surface area contributed by atoms with Crippen LogP contribution < -0.4 is 4.72 Å². The smallest absolute Gasteiger partial charge is 0.240 e. The lowest BCUT2D eigenvalue weighted by molar-refractivity contribution is -0.123. The second-order valence-electron chi connectivity index (χ2n) is 9.07. The normalized spacial score (nSPS) is 16.8. The van der Waals surface area contributed by atoms with E-state index in [0.717, 1.165) is 32.1 Å². The van der Waals surface area contributed by atoms with Crippen LogP contribution in [0.15, 0.2) is 12.2 Å². The molecule has 0 aromatic heterocycles. The second-order valence-corrected chi connectivity index (χ2v) is 11.3. The molecule has 0 radical (unpaired) electrons. The summed E-state index contributed by atoms with van der Waals surface area (Å²) in [6.07, 6.45) is 22.1. The summed E-state index contributed by atoms with van der Waals surface area (Å²) in [7, 11) is -3.52. The molecule has 1 amide bonds. The molecule has 1 rings (SSSR count). The van der Waals surface area contributed by atoms with Crippen LogP contribution >= 0.6 is 0 Å². The van der Waals surface area contributed by atoms with Gasteiger partial charge in [0.15, 0.2) is 0 Å². The van der Waals surface area contributed by atoms with Gasteiger partial charge in [-0.3, -0.25) is 9.52 Å². The van der Waals surface area contributed by atoms with Gasteiger partial charge >= 0.3 is 0 Å². The molecule has 1 aliphatic rings. The molecule has 1 atom stereocenters. The molecule has 0 bridgehead atoms. The van der Waals surface area contributed by atoms with Crippen molar-refractivity contribution in [3.8, 4) is 0 Å². The minimum absolute atomic E-state index is 0.213. The van der Waals surface area contributed by atoms with Gasteiger partial charge in [0.1, 0.15) is 0 Å². The van der Waals surface area contributed by atoms with Gasteiger partial charge in [-0.15, -0.1) is 0 Å². The van der Waals surface area contributed by atoms with Crippen molar-refractivity contribution in [2.45, 2.75) is 128 Å². The molecule has 0 saturated heterocycles. The third-order valence-electron chi connectivity index (χ3n) is 6.17. The van der Waals surface area contributed by atoms with Crippen molar-refractivity contribution in [1.82, 2.24) is 4.72 Å². The standard InChI is InChI=1S/C24H45NO3S/c1-4-6-7-8-9-10-11-12-13-14-15-16-17-19-22(18-5-2)23(26)25-29(27,28)24(3)20-21-24/h15-16,22H,4-14,17-21H2,1-3H3,(H,25,26). The second kappa shape index (κ2) is 14.2. The fourth-order valence-electron chi connectivity index (χ4n) is 3.64. The van der Waals surface area contributed by atoms with Crippen LogP contribution in [0.3, 0.4) is 0 Å². The van der Waals surface area contributed by atoms with Crippen molar-refractivity contribution in [3.05, 3.63) is 12.2 Å². The van der Waals surface area contributed by atoms with E-state index in [4.69, 9.17) is 0 Å². The van der Waals surface area contributed by atoms with E-state index in [1.165, 1.54) is 57.8 Å². The van der Waals surface area contributed by atoms with Crippen LogP contribution in [0.4, 0.5) is 0 Å². The Labute approximate surface area is 180 Å². The Morgan fingerprint density at radius 3 is 1.97 bits per heavy atom. The molecular formula is C24H45NO3S. The van der Waals surface area contributed by atoms with Gasteiger partial charge in [-0.2, -0.15) is 0 Å². The summed E-state index contributed by atoms with van der Waals surface area (Å²) < 4.78 is 26.2. The Morgan fingerprint density at radius 2 is 1.41 bits per heavy atom. The zero-order valence-corrected chi connectivity index (χ0v) is 20.0. The fraction of sp³-hybridized carbons (Fsp3) is 0.875. The van der Waals surface area contributed by atoms with Crippen molar-refractivity contribution >= 4 is 15.9 Å². The molecular weight excluding hydrogens is 382 g/mol. The molecule has 1 N–H and O–H groups in total. The van der Waals surface area contributed by atoms with E-state index in [9.17, 15) is 13.2 Å². The third-order valence-corrected chi connectivity index (χ3v) is 8.34. The highest BCUT2D eigenvalue weighted by Gasteiger charge is 2.51. The van der Waals surface area contributed by atoms with E-state index >= 15 is 0 Å². The van der Waals surface area contributed by atoms with Gasteiger partial charge in [-0.25, -0.2) is 8.42 Å². The monoisotopic (exact) mass is 427 g/mol. The predicted molar refractivity (Wildman–Crippen MR) is 123 cm³/mol. The van der Waals surface area contributed by atoms with Gasteiger partial charge in [0.25, 0.3) is 0 Å². The molecule has 1 unspecified atom stereocenters. The van der Waals surface area contributed by atoms with E-state index in [0.29, 0.717) is 12.8 Å². The van der Waals surface area contributed by atoms with Crippen molar-refractivity contribution < 1.29 is 13.2 Å². The zero-order chi connectivity index (χ0) is 21.6. The van der Waals surface area contributed by atoms with Crippen LogP contribution in [-0.2, 0) is 14.8 Å². The number of unbranched alkanes of at least 4 members (excludes halogenated alkanes) is 9. The Bertz CT molecular complexity index is 579. The van der Waals surface area contributed by atoms with Crippen molar-refractivity contribution in [3.63, 3.8) is 0 Å². The summed E-state index contributed by atoms with van der Waals surface area (Å²) in [5.41, 5.74) is 0. The Hall–Kier alpha value is -0.840. The molecule has 1 saturated carbocycles. The first-order valence-corrected chi connectivity index (χ1v) is 13.6. The quantitative estimate of drug-likeness (QED) is 0.196. The maximum Gasteiger partial charge on any atom is 0.240 e. The molecule has 29 heavy (non-hydrogen) atoms. The Morgan fingerprint density at radius 1 is 0.862 bits per heavy atom. The summed E-state index contributed by atoms with van der Waals surface area (Å²) in [5.74, 6) is -0.526. The van der Waals surface area contributed by atoms with Gasteiger partial charge in [0, 0.05) is 5.92 Å². The van der Waals surface area contributed by atoms with E-state index in [2.05, 4.69) is 23.8 Å². The van der Waals surface area contributed by atoms with Gasteiger partial charge in [0.2, 0.25) is 15.9 Å². The molecule has 5 heteroatoms. The topological polar surface area (TPSA) is 63.2 Å². The van der Waals surface area contributed by atoms with Gasteiger partial charge in [0.05, 0.1) is 4.75 Å². The van der Waals surface area contributed by atoms with Gasteiger partial charge in [-0.1, -0.05) is 83.8 Å². The highest BCUT2D eigenvalue weighted by molar-refractivity contribution is 7.91. The number of hydrogen-bond acceptors (Lipinski definition) is 3. The van der Waals surface area contributed by atoms with Crippen LogP contribution in [0.25, 0.3) is 0 Å². The molecule has 4 nitrogen and oxygen atoms in total. The first-order chi connectivity index (χ1) is 13.9. The average molecular weight is 428 g/mol. The SMILES string of the molecule is CCCCCCCCCCCC=CCCC(CCC)C(=O)NS(=O)(=O)C1(C)CC1. The summed E-state index contributed by atoms with van der Waals surface area (Å²) in [5, 5.41) is 0. The maximum absolute atomic E-state index is 12.5. The Balaban J connectivity index is 2.15. The molecule has 0 aliphatic heterocycles. The molecule has 1 aliphatic carbocycles. The van der Waals surface area contributed by atoms with E-state index in [-0.39, 0.29) is 11.8 Å². The first-order valence-electron chi connectivity index (χ1n) is 12.1. The minimum atomic E-state index is -3.52. The number of hydrogen-bond donors (Lipinski definition) is 1. The van der Waals surface area contributed by atoms with Crippen LogP contribution in [0.5, 0.6) is 0 Å². The number of allylic oxidation sites excluding steroid dienone is 2. The maximum atomic E-state index is 12.5. The van der Waals surface area contributed by atoms with Crippen LogP contribution in [0.2, 0.25) is 0 Å². The lowest BCUT2D eigenvalue weighted by atomic mass is 9.97. The molecule has 1 fully saturated rings.